The van der Waals surface area contributed by atoms with E-state index in [1.165, 1.54) is 23.6 Å². The van der Waals surface area contributed by atoms with Crippen molar-refractivity contribution in [1.29, 1.82) is 0 Å². The number of nitrogens with one attached hydrogen (secondary N) is 1. The summed E-state index contributed by atoms with van der Waals surface area (Å²) >= 11 is 1.44. The highest BCUT2D eigenvalue weighted by Crippen LogP contribution is 2.20. The molecule has 2 aromatic rings. The number of aryl methyl sites for hydroxylation is 1. The largest absolute Gasteiger partial charge is 0.477 e. The van der Waals surface area contributed by atoms with Crippen molar-refractivity contribution in [2.75, 3.05) is 0 Å². The zero-order chi connectivity index (χ0) is 12.4. The molecule has 17 heavy (non-hydrogen) atoms. The smallest absolute Gasteiger partial charge is 0.352 e. The molecule has 0 bridgehead atoms. The van der Waals surface area contributed by atoms with Crippen LogP contribution in [0.4, 0.5) is 0 Å². The van der Waals surface area contributed by atoms with E-state index < -0.39 is 5.97 Å². The van der Waals surface area contributed by atoms with Gasteiger partial charge in [0.2, 0.25) is 5.78 Å². The van der Waals surface area contributed by atoms with E-state index in [9.17, 15) is 9.59 Å². The van der Waals surface area contributed by atoms with Gasteiger partial charge in [-0.1, -0.05) is 6.92 Å². The number of ketones is 1. The lowest BCUT2D eigenvalue weighted by molar-refractivity contribution is 0.0691. The summed E-state index contributed by atoms with van der Waals surface area (Å²) in [6.45, 7) is 2.03. The molecule has 2 rings (SSSR count). The van der Waals surface area contributed by atoms with E-state index in [-0.39, 0.29) is 11.5 Å². The Kier molecular flexibility index (Phi) is 3.10. The fourth-order valence-electron chi connectivity index (χ4n) is 1.48. The number of aromatic nitrogens is 1. The average Bonchev–Trinajstić information content (AvgIpc) is 2.97. The first kappa shape index (κ1) is 11.6. The van der Waals surface area contributed by atoms with Crippen molar-refractivity contribution in [3.63, 3.8) is 0 Å². The molecule has 2 N–H and O–H groups in total. The number of carboxylic acids is 1. The first-order chi connectivity index (χ1) is 8.11. The van der Waals surface area contributed by atoms with Crippen molar-refractivity contribution in [3.05, 3.63) is 45.4 Å². The second kappa shape index (κ2) is 4.55. The Bertz CT molecular complexity index is 568. The van der Waals surface area contributed by atoms with Gasteiger partial charge in [0, 0.05) is 16.6 Å². The van der Waals surface area contributed by atoms with Crippen LogP contribution in [-0.4, -0.2) is 21.8 Å². The van der Waals surface area contributed by atoms with Gasteiger partial charge in [-0.25, -0.2) is 4.79 Å². The van der Waals surface area contributed by atoms with Crippen LogP contribution in [0.1, 0.15) is 37.5 Å². The molecule has 2 heterocycles. The molecule has 2 aromatic heterocycles. The number of thiophene rings is 1. The molecule has 0 aliphatic carbocycles. The number of carbonyl (C=O) groups is 2. The van der Waals surface area contributed by atoms with E-state index in [2.05, 4.69) is 4.98 Å². The zero-order valence-corrected chi connectivity index (χ0v) is 10.0. The van der Waals surface area contributed by atoms with Crippen molar-refractivity contribution in [1.82, 2.24) is 4.98 Å². The lowest BCUT2D eigenvalue weighted by Gasteiger charge is -1.91. The van der Waals surface area contributed by atoms with Gasteiger partial charge in [0.15, 0.2) is 0 Å². The fraction of sp³-hybridized carbons (Fsp3) is 0.167. The Morgan fingerprint density at radius 3 is 2.71 bits per heavy atom. The Morgan fingerprint density at radius 2 is 2.18 bits per heavy atom. The van der Waals surface area contributed by atoms with Gasteiger partial charge >= 0.3 is 5.97 Å². The summed E-state index contributed by atoms with van der Waals surface area (Å²) in [6, 6.07) is 5.05. The van der Waals surface area contributed by atoms with E-state index in [1.807, 2.05) is 13.0 Å². The van der Waals surface area contributed by atoms with E-state index in [1.54, 1.807) is 6.07 Å². The molecule has 0 atom stereocenters. The van der Waals surface area contributed by atoms with Crippen LogP contribution in [0.5, 0.6) is 0 Å². The topological polar surface area (TPSA) is 70.2 Å². The van der Waals surface area contributed by atoms with Crippen LogP contribution in [0.3, 0.4) is 0 Å². The van der Waals surface area contributed by atoms with Gasteiger partial charge in [-0.3, -0.25) is 4.79 Å². The molecule has 5 heteroatoms. The highest BCUT2D eigenvalue weighted by molar-refractivity contribution is 7.14. The van der Waals surface area contributed by atoms with Crippen molar-refractivity contribution < 1.29 is 14.7 Å². The van der Waals surface area contributed by atoms with Gasteiger partial charge in [-0.15, -0.1) is 11.3 Å². The minimum Gasteiger partial charge on any atom is -0.477 e. The van der Waals surface area contributed by atoms with Crippen molar-refractivity contribution in [3.8, 4) is 0 Å². The molecular weight excluding hydrogens is 238 g/mol. The Labute approximate surface area is 102 Å². The zero-order valence-electron chi connectivity index (χ0n) is 9.19. The van der Waals surface area contributed by atoms with Crippen LogP contribution < -0.4 is 0 Å². The van der Waals surface area contributed by atoms with E-state index in [0.29, 0.717) is 10.4 Å². The Morgan fingerprint density at radius 1 is 1.41 bits per heavy atom. The molecule has 0 aromatic carbocycles. The standard InChI is InChI=1S/C12H11NO3S/c1-2-8-3-4-10(17-8)11(14)7-5-9(12(15)16)13-6-7/h3-6,13H,2H2,1H3,(H,15,16). The van der Waals surface area contributed by atoms with Gasteiger partial charge in [0.25, 0.3) is 0 Å². The quantitative estimate of drug-likeness (QED) is 0.818. The van der Waals surface area contributed by atoms with Crippen LogP contribution in [-0.2, 0) is 6.42 Å². The molecule has 0 saturated carbocycles. The second-order valence-corrected chi connectivity index (χ2v) is 4.72. The predicted octanol–water partition coefficient (Wildman–Crippen LogP) is 2.57. The lowest BCUT2D eigenvalue weighted by atomic mass is 10.2. The molecular formula is C12H11NO3S. The van der Waals surface area contributed by atoms with Gasteiger partial charge in [0.1, 0.15) is 5.69 Å². The number of hydrogen-bond donors (Lipinski definition) is 2. The molecule has 0 aliphatic heterocycles. The Hall–Kier alpha value is -1.88. The van der Waals surface area contributed by atoms with E-state index >= 15 is 0 Å². The molecule has 0 spiro atoms. The third-order valence-electron chi connectivity index (χ3n) is 2.41. The van der Waals surface area contributed by atoms with Crippen molar-refractivity contribution in [2.45, 2.75) is 13.3 Å². The molecule has 0 radical (unpaired) electrons. The number of carbonyl (C=O) groups excluding carboxylic acids is 1. The minimum atomic E-state index is -1.07. The van der Waals surface area contributed by atoms with Gasteiger partial charge < -0.3 is 10.1 Å². The third kappa shape index (κ3) is 2.29. The summed E-state index contributed by atoms with van der Waals surface area (Å²) in [5.41, 5.74) is 0.410. The second-order valence-electron chi connectivity index (χ2n) is 3.56. The van der Waals surface area contributed by atoms with Crippen LogP contribution in [0.25, 0.3) is 0 Å². The monoisotopic (exact) mass is 249 g/mol. The average molecular weight is 249 g/mol. The maximum absolute atomic E-state index is 12.0. The fourth-order valence-corrected chi connectivity index (χ4v) is 2.39. The summed E-state index contributed by atoms with van der Waals surface area (Å²) in [7, 11) is 0. The molecule has 0 amide bonds. The highest BCUT2D eigenvalue weighted by Gasteiger charge is 2.15. The van der Waals surface area contributed by atoms with Gasteiger partial charge in [-0.2, -0.15) is 0 Å². The number of aromatic carboxylic acids is 1. The maximum Gasteiger partial charge on any atom is 0.352 e. The molecule has 0 aliphatic rings. The molecule has 88 valence electrons. The lowest BCUT2D eigenvalue weighted by Crippen LogP contribution is -1.97. The van der Waals surface area contributed by atoms with Crippen LogP contribution >= 0.6 is 11.3 Å². The maximum atomic E-state index is 12.0. The summed E-state index contributed by atoms with van der Waals surface area (Å²) in [5.74, 6) is -1.21. The van der Waals surface area contributed by atoms with Crippen LogP contribution in [0.15, 0.2) is 24.4 Å². The molecule has 0 fully saturated rings. The van der Waals surface area contributed by atoms with Crippen LogP contribution in [0.2, 0.25) is 0 Å². The number of aromatic amines is 1. The first-order valence-corrected chi connectivity index (χ1v) is 5.98. The number of hydrogen-bond acceptors (Lipinski definition) is 3. The minimum absolute atomic E-state index is 0.0284. The van der Waals surface area contributed by atoms with Crippen molar-refractivity contribution >= 4 is 23.1 Å². The highest BCUT2D eigenvalue weighted by atomic mass is 32.1. The van der Waals surface area contributed by atoms with E-state index in [0.717, 1.165) is 11.3 Å². The molecule has 0 saturated heterocycles. The SMILES string of the molecule is CCc1ccc(C(=O)c2c[nH]c(C(=O)O)c2)s1. The number of H-pyrrole nitrogens is 1. The normalized spacial score (nSPS) is 10.4. The summed E-state index contributed by atoms with van der Waals surface area (Å²) < 4.78 is 0. The molecule has 0 unspecified atom stereocenters. The number of carboxylic acid groups (broad SMARTS) is 1. The third-order valence-corrected chi connectivity index (χ3v) is 3.64. The van der Waals surface area contributed by atoms with E-state index in [4.69, 9.17) is 5.11 Å². The predicted molar refractivity (Wildman–Crippen MR) is 64.9 cm³/mol. The van der Waals surface area contributed by atoms with Crippen LogP contribution in [0, 0.1) is 0 Å². The first-order valence-electron chi connectivity index (χ1n) is 5.17. The number of rotatable bonds is 4. The summed E-state index contributed by atoms with van der Waals surface area (Å²) in [5, 5.41) is 8.75. The van der Waals surface area contributed by atoms with Gasteiger partial charge in [-0.05, 0) is 24.6 Å². The van der Waals surface area contributed by atoms with Gasteiger partial charge in [0.05, 0.1) is 4.88 Å². The van der Waals surface area contributed by atoms with Crippen molar-refractivity contribution in [2.24, 2.45) is 0 Å². The summed E-state index contributed by atoms with van der Waals surface area (Å²) in [4.78, 5) is 27.0. The summed E-state index contributed by atoms with van der Waals surface area (Å²) in [6.07, 6.45) is 2.32. The molecule has 4 nitrogen and oxygen atoms in total. The Balaban J connectivity index is 2.27.